The maximum absolute atomic E-state index is 11.6. The minimum Gasteiger partial charge on any atom is -0.487 e. The molecule has 1 saturated carbocycles. The Morgan fingerprint density at radius 2 is 1.76 bits per heavy atom. The zero-order valence-corrected chi connectivity index (χ0v) is 25.0. The number of para-hydroxylation sites is 1. The Morgan fingerprint density at radius 3 is 2.40 bits per heavy atom. The molecule has 42 heavy (non-hydrogen) atoms. The minimum atomic E-state index is -1.14. The van der Waals surface area contributed by atoms with Crippen molar-refractivity contribution in [3.8, 4) is 11.4 Å². The molecule has 4 aromatic rings. The number of aromatic nitrogens is 4. The molecule has 6 rings (SSSR count). The molecule has 12 heteroatoms. The zero-order valence-electron chi connectivity index (χ0n) is 22.7. The molecule has 2 aliphatic rings. The number of pyridine rings is 1. The number of hydrogen-bond donors (Lipinski definition) is 2. The van der Waals surface area contributed by atoms with Crippen molar-refractivity contribution in [3.05, 3.63) is 91.8 Å². The number of carbonyl (C=O) groups is 1. The van der Waals surface area contributed by atoms with Gasteiger partial charge >= 0.3 is 5.97 Å². The summed E-state index contributed by atoms with van der Waals surface area (Å²) in [6.45, 7) is 2.93. The van der Waals surface area contributed by atoms with Gasteiger partial charge in [-0.05, 0) is 69.0 Å². The SMILES string of the molecule is Cc1cc(C(=O)O)cc(N2CCC(O)(c3ccc(OCc4c(C5CC5)nnn4-c4c(Cl)cccc4Cl)cc3Cl)CC2)n1. The number of benzene rings is 2. The number of aryl methyl sites for hydroxylation is 1. The van der Waals surface area contributed by atoms with Gasteiger partial charge in [-0.25, -0.2) is 14.5 Å². The van der Waals surface area contributed by atoms with Crippen LogP contribution in [0, 0.1) is 6.92 Å². The highest BCUT2D eigenvalue weighted by Crippen LogP contribution is 2.43. The predicted molar refractivity (Wildman–Crippen MR) is 160 cm³/mol. The first kappa shape index (κ1) is 28.7. The average molecular weight is 629 g/mol. The van der Waals surface area contributed by atoms with Gasteiger partial charge in [0.1, 0.15) is 29.6 Å². The number of halogens is 3. The first-order chi connectivity index (χ1) is 20.1. The largest absolute Gasteiger partial charge is 0.487 e. The molecule has 0 radical (unpaired) electrons. The van der Waals surface area contributed by atoms with Gasteiger partial charge in [-0.1, -0.05) is 52.1 Å². The molecular weight excluding hydrogens is 601 g/mol. The molecule has 2 N–H and O–H groups in total. The van der Waals surface area contributed by atoms with Crippen LogP contribution in [0.4, 0.5) is 5.82 Å². The van der Waals surface area contributed by atoms with Gasteiger partial charge in [-0.3, -0.25) is 0 Å². The van der Waals surface area contributed by atoms with Crippen LogP contribution in [0.15, 0.2) is 48.5 Å². The third kappa shape index (κ3) is 5.66. The van der Waals surface area contributed by atoms with Gasteiger partial charge in [0.15, 0.2) is 0 Å². The molecular formula is C30H28Cl3N5O4. The first-order valence-corrected chi connectivity index (χ1v) is 14.8. The van der Waals surface area contributed by atoms with E-state index < -0.39 is 11.6 Å². The molecule has 2 fully saturated rings. The van der Waals surface area contributed by atoms with Gasteiger partial charge in [0.2, 0.25) is 0 Å². The highest BCUT2D eigenvalue weighted by molar-refractivity contribution is 6.37. The molecule has 218 valence electrons. The number of piperidine rings is 1. The van der Waals surface area contributed by atoms with E-state index in [1.807, 2.05) is 4.90 Å². The minimum absolute atomic E-state index is 0.178. The van der Waals surface area contributed by atoms with Crippen molar-refractivity contribution in [2.75, 3.05) is 18.0 Å². The molecule has 0 unspecified atom stereocenters. The van der Waals surface area contributed by atoms with Crippen LogP contribution in [0.3, 0.4) is 0 Å². The van der Waals surface area contributed by atoms with Crippen LogP contribution in [-0.2, 0) is 12.2 Å². The van der Waals surface area contributed by atoms with Crippen molar-refractivity contribution in [2.24, 2.45) is 0 Å². The van der Waals surface area contributed by atoms with Crippen LogP contribution in [0.25, 0.3) is 5.69 Å². The number of rotatable bonds is 8. The Labute approximate surface area is 257 Å². The van der Waals surface area contributed by atoms with Crippen molar-refractivity contribution in [3.63, 3.8) is 0 Å². The second-order valence-corrected chi connectivity index (χ2v) is 12.0. The van der Waals surface area contributed by atoms with Crippen LogP contribution >= 0.6 is 34.8 Å². The number of ether oxygens (including phenoxy) is 1. The molecule has 1 aliphatic carbocycles. The first-order valence-electron chi connectivity index (χ1n) is 13.6. The highest BCUT2D eigenvalue weighted by Gasteiger charge is 2.36. The fraction of sp³-hybridized carbons (Fsp3) is 0.333. The Bertz CT molecular complexity index is 1640. The highest BCUT2D eigenvalue weighted by atomic mass is 35.5. The Balaban J connectivity index is 1.18. The van der Waals surface area contributed by atoms with Crippen LogP contribution in [0.2, 0.25) is 15.1 Å². The lowest BCUT2D eigenvalue weighted by atomic mass is 9.84. The van der Waals surface area contributed by atoms with Crippen molar-refractivity contribution in [2.45, 2.75) is 50.7 Å². The number of anilines is 1. The summed E-state index contributed by atoms with van der Waals surface area (Å²) in [5.74, 6) is 0.452. The average Bonchev–Trinajstić information content (AvgIpc) is 3.71. The van der Waals surface area contributed by atoms with Crippen molar-refractivity contribution in [1.82, 2.24) is 20.0 Å². The summed E-state index contributed by atoms with van der Waals surface area (Å²) in [5.41, 5.74) is 2.49. The van der Waals surface area contributed by atoms with Crippen LogP contribution in [-0.4, -0.2) is 49.2 Å². The maximum Gasteiger partial charge on any atom is 0.335 e. The third-order valence-corrected chi connectivity index (χ3v) is 8.75. The fourth-order valence-corrected chi connectivity index (χ4v) is 6.32. The lowest BCUT2D eigenvalue weighted by Gasteiger charge is -2.39. The van der Waals surface area contributed by atoms with Gasteiger partial charge in [0.25, 0.3) is 0 Å². The van der Waals surface area contributed by atoms with E-state index in [0.717, 1.165) is 24.2 Å². The number of nitrogens with zero attached hydrogens (tertiary/aromatic N) is 5. The molecule has 2 aromatic heterocycles. The van der Waals surface area contributed by atoms with Gasteiger partial charge in [0.05, 0.1) is 31.9 Å². The zero-order chi connectivity index (χ0) is 29.6. The van der Waals surface area contributed by atoms with Crippen LogP contribution in [0.1, 0.15) is 64.6 Å². The second kappa shape index (κ2) is 11.4. The summed E-state index contributed by atoms with van der Waals surface area (Å²) in [5, 5.41) is 31.1. The number of aliphatic hydroxyl groups is 1. The van der Waals surface area contributed by atoms with E-state index in [0.29, 0.717) is 75.4 Å². The molecule has 3 heterocycles. The standard InChI is InChI=1S/C30H28Cl3N5O4/c1-17-13-19(29(39)40)14-26(34-17)37-11-9-30(41,10-12-37)21-8-7-20(15-24(21)33)42-16-25-27(18-5-6-18)35-36-38(25)28-22(31)3-2-4-23(28)32/h2-4,7-8,13-15,18,41H,5-6,9-12,16H2,1H3,(H,39,40). The normalized spacial score (nSPS) is 16.5. The molecule has 9 nitrogen and oxygen atoms in total. The lowest BCUT2D eigenvalue weighted by molar-refractivity contribution is 0.0117. The maximum atomic E-state index is 11.6. The topological polar surface area (TPSA) is 114 Å². The fourth-order valence-electron chi connectivity index (χ4n) is 5.42. The number of carboxylic acids is 1. The number of aromatic carboxylic acids is 1. The van der Waals surface area contributed by atoms with Crippen molar-refractivity contribution >= 4 is 46.6 Å². The molecule has 0 amide bonds. The van der Waals surface area contributed by atoms with E-state index in [1.54, 1.807) is 60.1 Å². The summed E-state index contributed by atoms with van der Waals surface area (Å²) in [6.07, 6.45) is 2.89. The monoisotopic (exact) mass is 627 g/mol. The predicted octanol–water partition coefficient (Wildman–Crippen LogP) is 6.57. The third-order valence-electron chi connectivity index (χ3n) is 7.83. The number of hydrogen-bond acceptors (Lipinski definition) is 7. The van der Waals surface area contributed by atoms with Crippen molar-refractivity contribution in [1.29, 1.82) is 0 Å². The summed E-state index contributed by atoms with van der Waals surface area (Å²) in [4.78, 5) is 18.0. The molecule has 0 bridgehead atoms. The van der Waals surface area contributed by atoms with Crippen molar-refractivity contribution < 1.29 is 19.7 Å². The molecule has 1 aliphatic heterocycles. The van der Waals surface area contributed by atoms with Gasteiger partial charge < -0.3 is 19.8 Å². The van der Waals surface area contributed by atoms with E-state index >= 15 is 0 Å². The Kier molecular flexibility index (Phi) is 7.78. The van der Waals surface area contributed by atoms with Gasteiger partial charge in [0, 0.05) is 30.3 Å². The number of carboxylic acid groups (broad SMARTS) is 1. The van der Waals surface area contributed by atoms with E-state index in [2.05, 4.69) is 15.3 Å². The lowest BCUT2D eigenvalue weighted by Crippen LogP contribution is -2.43. The summed E-state index contributed by atoms with van der Waals surface area (Å²) in [6, 6.07) is 13.7. The molecule has 0 spiro atoms. The molecule has 0 atom stereocenters. The molecule has 2 aromatic carbocycles. The summed E-state index contributed by atoms with van der Waals surface area (Å²) >= 11 is 19.6. The Morgan fingerprint density at radius 1 is 1.05 bits per heavy atom. The van der Waals surface area contributed by atoms with Crippen LogP contribution in [0.5, 0.6) is 5.75 Å². The van der Waals surface area contributed by atoms with Gasteiger partial charge in [-0.15, -0.1) is 5.10 Å². The smallest absolute Gasteiger partial charge is 0.335 e. The van der Waals surface area contributed by atoms with Crippen LogP contribution < -0.4 is 9.64 Å². The van der Waals surface area contributed by atoms with E-state index in [1.165, 1.54) is 0 Å². The molecule has 1 saturated heterocycles. The van der Waals surface area contributed by atoms with Gasteiger partial charge in [-0.2, -0.15) is 0 Å². The van der Waals surface area contributed by atoms with E-state index in [-0.39, 0.29) is 12.2 Å². The summed E-state index contributed by atoms with van der Waals surface area (Å²) < 4.78 is 7.81. The Hall–Kier alpha value is -3.37. The second-order valence-electron chi connectivity index (χ2n) is 10.8. The van der Waals surface area contributed by atoms with E-state index in [4.69, 9.17) is 39.5 Å². The summed E-state index contributed by atoms with van der Waals surface area (Å²) in [7, 11) is 0. The quantitative estimate of drug-likeness (QED) is 0.225. The van der Waals surface area contributed by atoms with E-state index in [9.17, 15) is 15.0 Å².